The second kappa shape index (κ2) is 8.47. The second-order valence-corrected chi connectivity index (χ2v) is 8.68. The molecule has 0 bridgehead atoms. The molecule has 0 spiro atoms. The van der Waals surface area contributed by atoms with Crippen LogP contribution in [-0.2, 0) is 27.4 Å². The van der Waals surface area contributed by atoms with Gasteiger partial charge in [0, 0.05) is 11.8 Å². The average Bonchev–Trinajstić information content (AvgIpc) is 3.10. The summed E-state index contributed by atoms with van der Waals surface area (Å²) < 4.78 is 96.8. The van der Waals surface area contributed by atoms with Gasteiger partial charge in [-0.3, -0.25) is 4.79 Å². The third-order valence-electron chi connectivity index (χ3n) is 4.77. The van der Waals surface area contributed by atoms with Crippen molar-refractivity contribution in [2.75, 3.05) is 7.05 Å². The fraction of sp³-hybridized carbons (Fsp3) is 0.263. The van der Waals surface area contributed by atoms with E-state index in [1.54, 1.807) is 0 Å². The third-order valence-corrected chi connectivity index (χ3v) is 6.24. The number of primary amides is 1. The molecule has 0 aliphatic heterocycles. The Morgan fingerprint density at radius 1 is 1.25 bits per heavy atom. The minimum atomic E-state index is -5.34. The fourth-order valence-corrected chi connectivity index (χ4v) is 4.26. The third kappa shape index (κ3) is 4.30. The molecule has 1 heterocycles. The molecule has 0 saturated heterocycles. The zero-order chi connectivity index (χ0) is 23.8. The number of rotatable bonds is 7. The number of halogens is 5. The van der Waals surface area contributed by atoms with E-state index in [0.29, 0.717) is 6.07 Å². The number of hydrogen-bond donors (Lipinski definition) is 2. The van der Waals surface area contributed by atoms with Gasteiger partial charge in [-0.2, -0.15) is 18.3 Å². The van der Waals surface area contributed by atoms with Crippen LogP contribution in [0.4, 0.5) is 22.0 Å². The summed E-state index contributed by atoms with van der Waals surface area (Å²) in [4.78, 5) is 10.8. The lowest BCUT2D eigenvalue weighted by molar-refractivity contribution is -0.142. The van der Waals surface area contributed by atoms with E-state index in [2.05, 4.69) is 9.82 Å². The molecule has 0 aliphatic rings. The first-order chi connectivity index (χ1) is 14.9. The summed E-state index contributed by atoms with van der Waals surface area (Å²) in [6, 6.07) is 4.42. The van der Waals surface area contributed by atoms with Crippen LogP contribution in [0.15, 0.2) is 35.4 Å². The van der Waals surface area contributed by atoms with Crippen LogP contribution in [0.3, 0.4) is 0 Å². The highest BCUT2D eigenvalue weighted by molar-refractivity contribution is 7.89. The Balaban J connectivity index is 2.31. The number of amides is 1. The highest BCUT2D eigenvalue weighted by Crippen LogP contribution is 2.38. The number of carbonyl (C=O) groups excluding carboxylic acids is 1. The Bertz CT molecular complexity index is 1300. The van der Waals surface area contributed by atoms with Gasteiger partial charge in [0.25, 0.3) is 0 Å². The molecule has 1 aromatic heterocycles. The number of nitrogens with two attached hydrogens (primary N) is 1. The van der Waals surface area contributed by atoms with E-state index in [1.165, 1.54) is 25.2 Å². The van der Waals surface area contributed by atoms with E-state index < -0.39 is 45.0 Å². The van der Waals surface area contributed by atoms with Gasteiger partial charge in [-0.15, -0.1) is 0 Å². The summed E-state index contributed by atoms with van der Waals surface area (Å²) in [5, 5.41) is 3.91. The molecule has 32 heavy (non-hydrogen) atoms. The van der Waals surface area contributed by atoms with Crippen LogP contribution in [-0.4, -0.2) is 31.2 Å². The lowest BCUT2D eigenvalue weighted by Crippen LogP contribution is -2.19. The van der Waals surface area contributed by atoms with Gasteiger partial charge in [0.1, 0.15) is 17.1 Å². The smallest absolute Gasteiger partial charge is 0.370 e. The fourth-order valence-electron chi connectivity index (χ4n) is 3.34. The summed E-state index contributed by atoms with van der Waals surface area (Å²) >= 11 is 0. The largest absolute Gasteiger partial charge is 0.422 e. The van der Waals surface area contributed by atoms with Crippen LogP contribution in [0.2, 0.25) is 0 Å². The molecule has 0 atom stereocenters. The predicted octanol–water partition coefficient (Wildman–Crippen LogP) is 3.04. The van der Waals surface area contributed by atoms with Crippen LogP contribution >= 0.6 is 0 Å². The summed E-state index contributed by atoms with van der Waals surface area (Å²) in [7, 11) is -2.79. The molecule has 3 aromatic rings. The topological polar surface area (TPSA) is 107 Å². The van der Waals surface area contributed by atoms with Crippen molar-refractivity contribution in [2.45, 2.75) is 30.3 Å². The summed E-state index contributed by atoms with van der Waals surface area (Å²) in [5.74, 6) is -4.41. The van der Waals surface area contributed by atoms with Crippen molar-refractivity contribution in [3.63, 3.8) is 0 Å². The van der Waals surface area contributed by atoms with Gasteiger partial charge in [0.2, 0.25) is 15.9 Å². The SMILES string of the molecule is CNS(=O)(=O)c1cccc2c1cnn2-c1c(CCCC(N)=O)cc(F)c(C(F)(F)F)c1F. The van der Waals surface area contributed by atoms with E-state index in [4.69, 9.17) is 5.73 Å². The van der Waals surface area contributed by atoms with Gasteiger partial charge in [0.05, 0.1) is 16.6 Å². The first-order valence-corrected chi connectivity index (χ1v) is 10.6. The molecular weight excluding hydrogens is 459 g/mol. The van der Waals surface area contributed by atoms with Crippen LogP contribution < -0.4 is 10.5 Å². The number of aromatic nitrogens is 2. The van der Waals surface area contributed by atoms with Crippen LogP contribution in [0.5, 0.6) is 0 Å². The molecule has 2 aromatic carbocycles. The first kappa shape index (κ1) is 23.6. The highest BCUT2D eigenvalue weighted by atomic mass is 32.2. The molecule has 0 aliphatic carbocycles. The van der Waals surface area contributed by atoms with Crippen LogP contribution in [0.1, 0.15) is 24.0 Å². The Morgan fingerprint density at radius 3 is 2.53 bits per heavy atom. The Labute approximate surface area is 179 Å². The maximum absolute atomic E-state index is 15.1. The van der Waals surface area contributed by atoms with Crippen molar-refractivity contribution >= 4 is 26.8 Å². The van der Waals surface area contributed by atoms with Gasteiger partial charge < -0.3 is 5.73 Å². The molecule has 1 amide bonds. The van der Waals surface area contributed by atoms with E-state index >= 15 is 4.39 Å². The monoisotopic (exact) mass is 476 g/mol. The first-order valence-electron chi connectivity index (χ1n) is 9.15. The summed E-state index contributed by atoms with van der Waals surface area (Å²) in [6.45, 7) is 0. The van der Waals surface area contributed by atoms with Gasteiger partial charge in [-0.05, 0) is 43.7 Å². The Hall–Kier alpha value is -3.06. The maximum Gasteiger partial charge on any atom is 0.422 e. The number of benzene rings is 2. The average molecular weight is 476 g/mol. The standard InChI is InChI=1S/C19H17F5N4O3S/c1-26-32(30,31)14-6-3-5-13-11(14)9-27-28(13)18-10(4-2-7-15(25)29)8-12(20)16(17(18)21)19(22,23)24/h3,5-6,8-9,26H,2,4,7H2,1H3,(H2,25,29). The van der Waals surface area contributed by atoms with Crippen molar-refractivity contribution in [2.24, 2.45) is 5.73 Å². The quantitative estimate of drug-likeness (QED) is 0.511. The number of aryl methyl sites for hydroxylation is 1. The molecule has 0 saturated carbocycles. The Morgan fingerprint density at radius 2 is 1.94 bits per heavy atom. The number of nitrogens with zero attached hydrogens (tertiary/aromatic N) is 2. The molecule has 0 fully saturated rings. The molecule has 172 valence electrons. The van der Waals surface area contributed by atoms with Crippen LogP contribution in [0, 0.1) is 11.6 Å². The van der Waals surface area contributed by atoms with Crippen molar-refractivity contribution < 1.29 is 35.2 Å². The minimum absolute atomic E-state index is 0.0159. The van der Waals surface area contributed by atoms with Gasteiger partial charge in [-0.1, -0.05) is 6.07 Å². The zero-order valence-corrected chi connectivity index (χ0v) is 17.3. The molecule has 0 unspecified atom stereocenters. The van der Waals surface area contributed by atoms with Gasteiger partial charge in [0.15, 0.2) is 5.82 Å². The number of sulfonamides is 1. The van der Waals surface area contributed by atoms with Crippen molar-refractivity contribution in [1.82, 2.24) is 14.5 Å². The number of fused-ring (bicyclic) bond motifs is 1. The van der Waals surface area contributed by atoms with Crippen LogP contribution in [0.25, 0.3) is 16.6 Å². The lowest BCUT2D eigenvalue weighted by atomic mass is 10.0. The minimum Gasteiger partial charge on any atom is -0.370 e. The van der Waals surface area contributed by atoms with E-state index in [-0.39, 0.29) is 40.6 Å². The van der Waals surface area contributed by atoms with Crippen molar-refractivity contribution in [1.29, 1.82) is 0 Å². The maximum atomic E-state index is 15.1. The van der Waals surface area contributed by atoms with Gasteiger partial charge >= 0.3 is 6.18 Å². The molecular formula is C19H17F5N4O3S. The van der Waals surface area contributed by atoms with E-state index in [1.807, 2.05) is 0 Å². The second-order valence-electron chi connectivity index (χ2n) is 6.83. The molecule has 13 heteroatoms. The molecule has 7 nitrogen and oxygen atoms in total. The number of carbonyl (C=O) groups is 1. The molecule has 0 radical (unpaired) electrons. The summed E-state index contributed by atoms with van der Waals surface area (Å²) in [6.07, 6.45) is -4.60. The zero-order valence-electron chi connectivity index (χ0n) is 16.5. The summed E-state index contributed by atoms with van der Waals surface area (Å²) in [5.41, 5.74) is 2.05. The number of nitrogens with one attached hydrogen (secondary N) is 1. The Kier molecular flexibility index (Phi) is 6.24. The van der Waals surface area contributed by atoms with E-state index in [9.17, 15) is 30.8 Å². The van der Waals surface area contributed by atoms with Crippen molar-refractivity contribution in [3.05, 3.63) is 53.2 Å². The highest BCUT2D eigenvalue weighted by Gasteiger charge is 2.40. The van der Waals surface area contributed by atoms with E-state index in [0.717, 1.165) is 10.9 Å². The van der Waals surface area contributed by atoms with Crippen molar-refractivity contribution in [3.8, 4) is 5.69 Å². The number of alkyl halides is 3. The number of hydrogen-bond acceptors (Lipinski definition) is 4. The van der Waals surface area contributed by atoms with Gasteiger partial charge in [-0.25, -0.2) is 26.6 Å². The predicted molar refractivity (Wildman–Crippen MR) is 104 cm³/mol. The lowest BCUT2D eigenvalue weighted by Gasteiger charge is -2.17. The molecule has 3 N–H and O–H groups in total. The molecule has 3 rings (SSSR count). The normalized spacial score (nSPS) is 12.4.